The maximum Gasteiger partial charge on any atom is 0.273 e. The molecule has 2 heterocycles. The summed E-state index contributed by atoms with van der Waals surface area (Å²) in [7, 11) is 0. The second-order valence-corrected chi connectivity index (χ2v) is 6.09. The lowest BCUT2D eigenvalue weighted by atomic mass is 9.97. The Labute approximate surface area is 119 Å². The molecule has 110 valence electrons. The summed E-state index contributed by atoms with van der Waals surface area (Å²) in [5.74, 6) is 0.467. The van der Waals surface area contributed by atoms with Crippen LogP contribution in [0.2, 0.25) is 0 Å². The molecule has 20 heavy (non-hydrogen) atoms. The summed E-state index contributed by atoms with van der Waals surface area (Å²) < 4.78 is 1.79. The largest absolute Gasteiger partial charge is 0.348 e. The highest BCUT2D eigenvalue weighted by atomic mass is 16.2. The Morgan fingerprint density at radius 3 is 2.90 bits per heavy atom. The first kappa shape index (κ1) is 13.5. The van der Waals surface area contributed by atoms with Gasteiger partial charge in [0.15, 0.2) is 5.69 Å². The van der Waals surface area contributed by atoms with Crippen LogP contribution in [0, 0.1) is 5.92 Å². The second-order valence-electron chi connectivity index (χ2n) is 6.09. The normalized spacial score (nSPS) is 27.6. The third-order valence-corrected chi connectivity index (χ3v) is 4.55. The van der Waals surface area contributed by atoms with Crippen molar-refractivity contribution in [3.05, 3.63) is 11.9 Å². The Morgan fingerprint density at radius 1 is 1.35 bits per heavy atom. The molecule has 1 aromatic rings. The molecule has 2 unspecified atom stereocenters. The number of carbonyl (C=O) groups is 1. The van der Waals surface area contributed by atoms with E-state index in [2.05, 4.69) is 27.9 Å². The highest BCUT2D eigenvalue weighted by molar-refractivity contribution is 5.92. The van der Waals surface area contributed by atoms with Crippen LogP contribution in [0.4, 0.5) is 0 Å². The molecule has 6 nitrogen and oxygen atoms in total. The highest BCUT2D eigenvalue weighted by Gasteiger charge is 2.25. The molecule has 1 aliphatic carbocycles. The molecular formula is C14H23N5O. The van der Waals surface area contributed by atoms with Crippen molar-refractivity contribution in [3.8, 4) is 0 Å². The second kappa shape index (κ2) is 5.91. The predicted octanol–water partition coefficient (Wildman–Crippen LogP) is 1.12. The minimum absolute atomic E-state index is 0.0812. The van der Waals surface area contributed by atoms with Crippen LogP contribution in [0.1, 0.15) is 55.6 Å². The first-order chi connectivity index (χ1) is 9.74. The zero-order valence-corrected chi connectivity index (χ0v) is 12.0. The third-order valence-electron chi connectivity index (χ3n) is 4.55. The molecule has 1 amide bonds. The number of rotatable bonds is 3. The molecular weight excluding hydrogens is 254 g/mol. The summed E-state index contributed by atoms with van der Waals surface area (Å²) in [5.41, 5.74) is 0.438. The fourth-order valence-corrected chi connectivity index (χ4v) is 2.97. The van der Waals surface area contributed by atoms with E-state index in [1.807, 2.05) is 0 Å². The van der Waals surface area contributed by atoms with Crippen molar-refractivity contribution in [2.24, 2.45) is 5.92 Å². The van der Waals surface area contributed by atoms with Crippen LogP contribution < -0.4 is 10.6 Å². The van der Waals surface area contributed by atoms with Crippen LogP contribution in [0.3, 0.4) is 0 Å². The van der Waals surface area contributed by atoms with Gasteiger partial charge in [0, 0.05) is 19.1 Å². The number of hydrogen-bond acceptors (Lipinski definition) is 4. The van der Waals surface area contributed by atoms with Crippen LogP contribution in [-0.2, 0) is 0 Å². The minimum Gasteiger partial charge on any atom is -0.348 e. The lowest BCUT2D eigenvalue weighted by Crippen LogP contribution is -2.43. The van der Waals surface area contributed by atoms with Crippen molar-refractivity contribution in [1.82, 2.24) is 25.6 Å². The quantitative estimate of drug-likeness (QED) is 0.812. The van der Waals surface area contributed by atoms with Crippen molar-refractivity contribution >= 4 is 5.91 Å². The van der Waals surface area contributed by atoms with Crippen LogP contribution >= 0.6 is 0 Å². The Balaban J connectivity index is 1.61. The summed E-state index contributed by atoms with van der Waals surface area (Å²) in [5, 5.41) is 14.4. The van der Waals surface area contributed by atoms with E-state index in [-0.39, 0.29) is 11.9 Å². The van der Waals surface area contributed by atoms with Crippen molar-refractivity contribution < 1.29 is 4.79 Å². The van der Waals surface area contributed by atoms with E-state index in [9.17, 15) is 4.79 Å². The van der Waals surface area contributed by atoms with Crippen molar-refractivity contribution in [2.45, 2.75) is 51.1 Å². The van der Waals surface area contributed by atoms with Gasteiger partial charge in [0.05, 0.1) is 12.2 Å². The molecule has 3 rings (SSSR count). The van der Waals surface area contributed by atoms with E-state index < -0.39 is 0 Å². The van der Waals surface area contributed by atoms with Gasteiger partial charge in [-0.05, 0) is 18.8 Å². The van der Waals surface area contributed by atoms with E-state index in [0.29, 0.717) is 17.7 Å². The molecule has 1 saturated carbocycles. The first-order valence-electron chi connectivity index (χ1n) is 7.67. The van der Waals surface area contributed by atoms with Crippen LogP contribution in [0.25, 0.3) is 0 Å². The van der Waals surface area contributed by atoms with E-state index in [1.165, 1.54) is 25.7 Å². The topological polar surface area (TPSA) is 71.8 Å². The number of carbonyl (C=O) groups excluding carboxylic acids is 1. The van der Waals surface area contributed by atoms with Gasteiger partial charge in [-0.3, -0.25) is 4.79 Å². The predicted molar refractivity (Wildman–Crippen MR) is 75.4 cm³/mol. The summed E-state index contributed by atoms with van der Waals surface area (Å²) in [4.78, 5) is 12.3. The molecule has 1 aliphatic heterocycles. The third kappa shape index (κ3) is 2.85. The first-order valence-corrected chi connectivity index (χ1v) is 7.67. The molecule has 1 saturated heterocycles. The van der Waals surface area contributed by atoms with Crippen molar-refractivity contribution in [3.63, 3.8) is 0 Å². The lowest BCUT2D eigenvalue weighted by molar-refractivity contribution is 0.0916. The summed E-state index contributed by atoms with van der Waals surface area (Å²) in [6.45, 7) is 4.04. The monoisotopic (exact) mass is 277 g/mol. The average molecular weight is 277 g/mol. The molecule has 2 N–H and O–H groups in total. The maximum absolute atomic E-state index is 12.3. The average Bonchev–Trinajstić information content (AvgIpc) is 2.75. The molecule has 0 aromatic carbocycles. The fraction of sp³-hybridized carbons (Fsp3) is 0.786. The Kier molecular flexibility index (Phi) is 4.00. The van der Waals surface area contributed by atoms with Gasteiger partial charge in [-0.25, -0.2) is 4.68 Å². The molecule has 2 fully saturated rings. The van der Waals surface area contributed by atoms with Crippen LogP contribution in [0.15, 0.2) is 6.20 Å². The number of aromatic nitrogens is 3. The van der Waals surface area contributed by atoms with Gasteiger partial charge in [-0.2, -0.15) is 0 Å². The number of nitrogens with one attached hydrogen (secondary N) is 2. The van der Waals surface area contributed by atoms with Gasteiger partial charge in [0.2, 0.25) is 0 Å². The van der Waals surface area contributed by atoms with Crippen LogP contribution in [0.5, 0.6) is 0 Å². The molecule has 0 spiro atoms. The minimum atomic E-state index is -0.0812. The maximum atomic E-state index is 12.3. The molecule has 0 bridgehead atoms. The molecule has 1 aromatic heterocycles. The standard InChI is InChI=1S/C14H23N5O/c1-10-5-3-2-4-6-12(10)16-14(20)13-9-19(18-17-13)11-7-15-8-11/h9-12,15H,2-8H2,1H3,(H,16,20). The Morgan fingerprint density at radius 2 is 2.15 bits per heavy atom. The van der Waals surface area contributed by atoms with E-state index in [4.69, 9.17) is 0 Å². The molecule has 2 aliphatic rings. The SMILES string of the molecule is CC1CCCCCC1NC(=O)c1cn(C2CNC2)nn1. The van der Waals surface area contributed by atoms with Gasteiger partial charge >= 0.3 is 0 Å². The highest BCUT2D eigenvalue weighted by Crippen LogP contribution is 2.23. The van der Waals surface area contributed by atoms with Crippen molar-refractivity contribution in [1.29, 1.82) is 0 Å². The van der Waals surface area contributed by atoms with Gasteiger partial charge in [0.1, 0.15) is 0 Å². The smallest absolute Gasteiger partial charge is 0.273 e. The zero-order valence-electron chi connectivity index (χ0n) is 12.0. The summed E-state index contributed by atoms with van der Waals surface area (Å²) in [6, 6.07) is 0.626. The molecule has 0 radical (unpaired) electrons. The van der Waals surface area contributed by atoms with Crippen molar-refractivity contribution in [2.75, 3.05) is 13.1 Å². The van der Waals surface area contributed by atoms with Gasteiger partial charge < -0.3 is 10.6 Å². The van der Waals surface area contributed by atoms with Gasteiger partial charge in [-0.1, -0.05) is 31.4 Å². The number of amides is 1. The Bertz CT molecular complexity index is 468. The van der Waals surface area contributed by atoms with E-state index in [0.717, 1.165) is 19.5 Å². The number of nitrogens with zero attached hydrogens (tertiary/aromatic N) is 3. The number of hydrogen-bond donors (Lipinski definition) is 2. The Hall–Kier alpha value is -1.43. The van der Waals surface area contributed by atoms with Gasteiger partial charge in [0.25, 0.3) is 5.91 Å². The summed E-state index contributed by atoms with van der Waals surface area (Å²) >= 11 is 0. The molecule has 6 heteroatoms. The van der Waals surface area contributed by atoms with Gasteiger partial charge in [-0.15, -0.1) is 5.10 Å². The van der Waals surface area contributed by atoms with E-state index in [1.54, 1.807) is 10.9 Å². The van der Waals surface area contributed by atoms with Crippen LogP contribution in [-0.4, -0.2) is 40.0 Å². The zero-order chi connectivity index (χ0) is 13.9. The summed E-state index contributed by atoms with van der Waals surface area (Å²) in [6.07, 6.45) is 7.80. The fourth-order valence-electron chi connectivity index (χ4n) is 2.97. The lowest BCUT2D eigenvalue weighted by Gasteiger charge is -2.26. The molecule has 2 atom stereocenters. The van der Waals surface area contributed by atoms with E-state index >= 15 is 0 Å².